The molecule has 2 heterocycles. The highest BCUT2D eigenvalue weighted by Crippen LogP contribution is 2.31. The van der Waals surface area contributed by atoms with Gasteiger partial charge in [0, 0.05) is 10.0 Å². The molecule has 13 heteroatoms. The van der Waals surface area contributed by atoms with Crippen LogP contribution < -0.4 is 9.44 Å². The molecule has 192 valence electrons. The molecule has 5 rings (SSSR count). The van der Waals surface area contributed by atoms with Gasteiger partial charge in [-0.1, -0.05) is 59.6 Å². The van der Waals surface area contributed by atoms with E-state index < -0.39 is 37.2 Å². The van der Waals surface area contributed by atoms with E-state index in [-0.39, 0.29) is 27.8 Å². The van der Waals surface area contributed by atoms with E-state index in [0.29, 0.717) is 16.9 Å². The second-order valence-electron chi connectivity index (χ2n) is 8.63. The number of H-pyrrole nitrogens is 1. The summed E-state index contributed by atoms with van der Waals surface area (Å²) < 4.78 is 55.7. The zero-order valence-corrected chi connectivity index (χ0v) is 22.1. The number of hydrogen-bond acceptors (Lipinski definition) is 6. The number of nitrogens with zero attached hydrogens (tertiary/aromatic N) is 1. The molecule has 1 fully saturated rings. The highest BCUT2D eigenvalue weighted by Gasteiger charge is 2.37. The van der Waals surface area contributed by atoms with Crippen LogP contribution in [0.1, 0.15) is 34.7 Å². The Hall–Kier alpha value is -2.96. The van der Waals surface area contributed by atoms with Gasteiger partial charge in [0.25, 0.3) is 0 Å². The Morgan fingerprint density at radius 2 is 1.70 bits per heavy atom. The van der Waals surface area contributed by atoms with Crippen LogP contribution in [0.4, 0.5) is 0 Å². The molecule has 3 N–H and O–H groups in total. The second kappa shape index (κ2) is 9.73. The molecule has 0 aliphatic carbocycles. The molecule has 4 aromatic rings. The summed E-state index contributed by atoms with van der Waals surface area (Å²) in [6.45, 7) is 0. The number of aromatic amines is 1. The molecule has 1 amide bonds. The van der Waals surface area contributed by atoms with Crippen molar-refractivity contribution in [1.82, 2.24) is 19.4 Å². The predicted molar refractivity (Wildman–Crippen MR) is 140 cm³/mol. The maximum Gasteiger partial charge on any atom is 0.242 e. The third kappa shape index (κ3) is 5.51. The number of nitrogens with one attached hydrogen (secondary N) is 3. The van der Waals surface area contributed by atoms with Crippen LogP contribution in [0, 0.1) is 0 Å². The summed E-state index contributed by atoms with van der Waals surface area (Å²) in [4.78, 5) is 19.2. The van der Waals surface area contributed by atoms with Gasteiger partial charge < -0.3 is 4.98 Å². The number of aromatic nitrogens is 2. The molecule has 0 radical (unpaired) electrons. The van der Waals surface area contributed by atoms with Crippen molar-refractivity contribution in [3.05, 3.63) is 93.7 Å². The molecule has 1 aromatic heterocycles. The number of amides is 1. The summed E-state index contributed by atoms with van der Waals surface area (Å²) in [5, 5.41) is -0.608. The van der Waals surface area contributed by atoms with Crippen LogP contribution in [0.25, 0.3) is 11.0 Å². The summed E-state index contributed by atoms with van der Waals surface area (Å²) >= 11 is 12.1. The first kappa shape index (κ1) is 25.7. The Morgan fingerprint density at radius 1 is 1.03 bits per heavy atom. The van der Waals surface area contributed by atoms with E-state index >= 15 is 0 Å². The highest BCUT2D eigenvalue weighted by molar-refractivity contribution is 7.90. The van der Waals surface area contributed by atoms with Crippen LogP contribution in [0.3, 0.4) is 0 Å². The number of halogens is 2. The van der Waals surface area contributed by atoms with E-state index in [2.05, 4.69) is 14.7 Å². The maximum atomic E-state index is 13.3. The molecule has 0 saturated carbocycles. The van der Waals surface area contributed by atoms with Crippen LogP contribution >= 0.6 is 23.2 Å². The lowest BCUT2D eigenvalue weighted by Crippen LogP contribution is -2.31. The number of benzene rings is 3. The van der Waals surface area contributed by atoms with Gasteiger partial charge in [-0.05, 0) is 47.9 Å². The highest BCUT2D eigenvalue weighted by atomic mass is 35.5. The summed E-state index contributed by atoms with van der Waals surface area (Å²) in [5.41, 5.74) is 2.60. The fourth-order valence-corrected chi connectivity index (χ4v) is 7.58. The number of sulfonamides is 2. The molecule has 1 unspecified atom stereocenters. The van der Waals surface area contributed by atoms with Crippen LogP contribution in [0.15, 0.2) is 71.6 Å². The van der Waals surface area contributed by atoms with Gasteiger partial charge in [0.05, 0.1) is 28.4 Å². The summed E-state index contributed by atoms with van der Waals surface area (Å²) in [6, 6.07) is 17.2. The maximum absolute atomic E-state index is 13.3. The molecule has 3 aromatic carbocycles. The molecule has 1 saturated heterocycles. The van der Waals surface area contributed by atoms with Gasteiger partial charge in [0.15, 0.2) is 0 Å². The van der Waals surface area contributed by atoms with Crippen molar-refractivity contribution >= 4 is 60.2 Å². The van der Waals surface area contributed by atoms with Crippen molar-refractivity contribution in [2.24, 2.45) is 0 Å². The van der Waals surface area contributed by atoms with Gasteiger partial charge in [-0.25, -0.2) is 26.5 Å². The lowest BCUT2D eigenvalue weighted by atomic mass is 10.0. The van der Waals surface area contributed by atoms with Crippen LogP contribution in [-0.2, 0) is 31.3 Å². The largest absolute Gasteiger partial charge is 0.341 e. The van der Waals surface area contributed by atoms with Crippen molar-refractivity contribution in [3.8, 4) is 0 Å². The third-order valence-corrected chi connectivity index (χ3v) is 9.56. The van der Waals surface area contributed by atoms with Gasteiger partial charge in [0.2, 0.25) is 26.0 Å². The number of rotatable bonds is 7. The molecule has 0 bridgehead atoms. The number of fused-ring (bicyclic) bond motifs is 1. The minimum atomic E-state index is -4.06. The third-order valence-electron chi connectivity index (χ3n) is 5.97. The standard InChI is InChI=1S/C24H20Cl2N4O5S2/c25-16-10-17(26)12-18(11-16)36(32,33)29-21(24-27-19-3-1-2-4-20(19)28-24)9-14-5-7-15(8-6-14)22-13-23(31)30-37(22,34)35/h1-8,10-12,21-22,29H,9,13H2,(H,27,28)(H,30,31)/t21-,22?/m0/s1. The number of carbonyl (C=O) groups excluding carboxylic acids is 1. The lowest BCUT2D eigenvalue weighted by Gasteiger charge is -2.18. The first-order valence-electron chi connectivity index (χ1n) is 11.1. The number of carbonyl (C=O) groups is 1. The van der Waals surface area contributed by atoms with Crippen molar-refractivity contribution in [2.75, 3.05) is 0 Å². The minimum absolute atomic E-state index is 0.0925. The molecule has 0 spiro atoms. The molecular weight excluding hydrogens is 559 g/mol. The lowest BCUT2D eigenvalue weighted by molar-refractivity contribution is -0.118. The summed E-state index contributed by atoms with van der Waals surface area (Å²) in [6.07, 6.45) is 0.0491. The first-order chi connectivity index (χ1) is 17.5. The topological polar surface area (TPSA) is 138 Å². The number of para-hydroxylation sites is 2. The monoisotopic (exact) mass is 578 g/mol. The molecule has 2 atom stereocenters. The van der Waals surface area contributed by atoms with Gasteiger partial charge in [-0.3, -0.25) is 9.52 Å². The average molecular weight is 579 g/mol. The second-order valence-corrected chi connectivity index (χ2v) is 13.1. The summed E-state index contributed by atoms with van der Waals surface area (Å²) in [7, 11) is -7.83. The number of hydrogen-bond donors (Lipinski definition) is 3. The quantitative estimate of drug-likeness (QED) is 0.302. The molecular formula is C24H20Cl2N4O5S2. The Balaban J connectivity index is 1.47. The Bertz CT molecular complexity index is 1670. The Labute approximate surface area is 223 Å². The van der Waals surface area contributed by atoms with Crippen molar-refractivity contribution < 1.29 is 21.6 Å². The van der Waals surface area contributed by atoms with Crippen molar-refractivity contribution in [2.45, 2.75) is 29.0 Å². The van der Waals surface area contributed by atoms with E-state index in [9.17, 15) is 21.6 Å². The average Bonchev–Trinajstić information content (AvgIpc) is 3.38. The van der Waals surface area contributed by atoms with Crippen molar-refractivity contribution in [1.29, 1.82) is 0 Å². The van der Waals surface area contributed by atoms with E-state index in [1.165, 1.54) is 18.2 Å². The van der Waals surface area contributed by atoms with Gasteiger partial charge in [0.1, 0.15) is 11.1 Å². The molecule has 37 heavy (non-hydrogen) atoms. The van der Waals surface area contributed by atoms with E-state index in [4.69, 9.17) is 23.2 Å². The fraction of sp³-hybridized carbons (Fsp3) is 0.167. The van der Waals surface area contributed by atoms with E-state index in [1.54, 1.807) is 24.3 Å². The Morgan fingerprint density at radius 3 is 2.32 bits per heavy atom. The van der Waals surface area contributed by atoms with Gasteiger partial charge in [-0.2, -0.15) is 0 Å². The van der Waals surface area contributed by atoms with Crippen LogP contribution in [0.2, 0.25) is 10.0 Å². The normalized spacial score (nSPS) is 18.1. The zero-order valence-electron chi connectivity index (χ0n) is 19.0. The molecule has 1 aliphatic rings. The smallest absolute Gasteiger partial charge is 0.242 e. The minimum Gasteiger partial charge on any atom is -0.341 e. The van der Waals surface area contributed by atoms with Crippen molar-refractivity contribution in [3.63, 3.8) is 0 Å². The predicted octanol–water partition coefficient (Wildman–Crippen LogP) is 4.02. The summed E-state index contributed by atoms with van der Waals surface area (Å²) in [5.74, 6) is -0.148. The fourth-order valence-electron chi connectivity index (χ4n) is 4.22. The molecule has 9 nitrogen and oxygen atoms in total. The number of imidazole rings is 1. The van der Waals surface area contributed by atoms with Gasteiger partial charge in [-0.15, -0.1) is 0 Å². The van der Waals surface area contributed by atoms with Crippen LogP contribution in [-0.4, -0.2) is 32.7 Å². The first-order valence-corrected chi connectivity index (χ1v) is 14.8. The SMILES string of the molecule is O=C1CC(c2ccc(C[C@H](NS(=O)(=O)c3cc(Cl)cc(Cl)c3)c3nc4ccccc4[nH]3)cc2)S(=O)(=O)N1. The van der Waals surface area contributed by atoms with Gasteiger partial charge >= 0.3 is 0 Å². The van der Waals surface area contributed by atoms with Crippen LogP contribution in [0.5, 0.6) is 0 Å². The van der Waals surface area contributed by atoms with E-state index in [0.717, 1.165) is 11.1 Å². The molecule has 1 aliphatic heterocycles. The Kier molecular flexibility index (Phi) is 6.75. The van der Waals surface area contributed by atoms with E-state index in [1.807, 2.05) is 29.0 Å². The zero-order chi connectivity index (χ0) is 26.4.